The minimum atomic E-state index is -0.799. The van der Waals surface area contributed by atoms with Crippen molar-refractivity contribution in [2.45, 2.75) is 22.7 Å². The van der Waals surface area contributed by atoms with Crippen LogP contribution in [0.4, 0.5) is 11.4 Å². The Morgan fingerprint density at radius 3 is 2.31 bits per heavy atom. The van der Waals surface area contributed by atoms with Gasteiger partial charge in [0, 0.05) is 16.5 Å². The number of carbonyl (C=O) groups excluding carboxylic acids is 3. The fraction of sp³-hybridized carbons (Fsp3) is 0.176. The molecule has 1 saturated heterocycles. The summed E-state index contributed by atoms with van der Waals surface area (Å²) in [6.07, 6.45) is 0. The number of fused-ring (bicyclic) bond motifs is 3. The van der Waals surface area contributed by atoms with Crippen LogP contribution in [0.3, 0.4) is 0 Å². The Labute approximate surface area is 266 Å². The smallest absolute Gasteiger partial charge is 0.308 e. The molecule has 3 amide bonds. The van der Waals surface area contributed by atoms with Crippen LogP contribution in [0, 0.1) is 5.92 Å². The van der Waals surface area contributed by atoms with Crippen LogP contribution in [0.15, 0.2) is 101 Å². The summed E-state index contributed by atoms with van der Waals surface area (Å²) in [6.45, 7) is -0.245. The summed E-state index contributed by atoms with van der Waals surface area (Å²) in [7, 11) is 3.06. The van der Waals surface area contributed by atoms with Crippen LogP contribution in [0.2, 0.25) is 0 Å². The Hall–Kier alpha value is -4.87. The van der Waals surface area contributed by atoms with Gasteiger partial charge in [0.1, 0.15) is 11.8 Å². The fourth-order valence-electron chi connectivity index (χ4n) is 6.10. The molecule has 7 rings (SSSR count). The number of carbonyl (C=O) groups is 3. The van der Waals surface area contributed by atoms with E-state index in [1.54, 1.807) is 36.4 Å². The van der Waals surface area contributed by atoms with Gasteiger partial charge in [0.15, 0.2) is 11.5 Å². The summed E-state index contributed by atoms with van der Waals surface area (Å²) in [5.41, 5.74) is 1.81. The number of thioether (sulfide) groups is 1. The monoisotopic (exact) mass is 637 g/mol. The van der Waals surface area contributed by atoms with Crippen LogP contribution in [0.5, 0.6) is 11.5 Å². The van der Waals surface area contributed by atoms with Gasteiger partial charge < -0.3 is 14.8 Å². The van der Waals surface area contributed by atoms with Crippen molar-refractivity contribution in [3.63, 3.8) is 0 Å². The van der Waals surface area contributed by atoms with Gasteiger partial charge >= 0.3 is 4.87 Å². The first kappa shape index (κ1) is 28.9. The van der Waals surface area contributed by atoms with E-state index in [1.807, 2.05) is 54.6 Å². The van der Waals surface area contributed by atoms with Crippen molar-refractivity contribution in [2.75, 3.05) is 24.4 Å². The van der Waals surface area contributed by atoms with E-state index in [-0.39, 0.29) is 29.1 Å². The molecule has 2 aliphatic rings. The Kier molecular flexibility index (Phi) is 7.42. The molecule has 4 aromatic carbocycles. The zero-order valence-electron chi connectivity index (χ0n) is 24.3. The van der Waals surface area contributed by atoms with Crippen molar-refractivity contribution < 1.29 is 23.9 Å². The third kappa shape index (κ3) is 4.98. The van der Waals surface area contributed by atoms with E-state index in [1.165, 1.54) is 35.4 Å². The quantitative estimate of drug-likeness (QED) is 0.235. The first-order valence-electron chi connectivity index (χ1n) is 14.2. The molecular weight excluding hydrogens is 611 g/mol. The molecule has 2 unspecified atom stereocenters. The molecule has 2 aliphatic heterocycles. The molecule has 3 atom stereocenters. The van der Waals surface area contributed by atoms with Crippen molar-refractivity contribution in [1.29, 1.82) is 0 Å². The highest BCUT2D eigenvalue weighted by molar-refractivity contribution is 8.00. The molecule has 9 nitrogen and oxygen atoms in total. The average molecular weight is 638 g/mol. The number of amides is 3. The number of methoxy groups -OCH3 is 2. The molecule has 0 bridgehead atoms. The molecule has 0 aliphatic carbocycles. The number of aromatic nitrogens is 1. The van der Waals surface area contributed by atoms with E-state index >= 15 is 0 Å². The minimum absolute atomic E-state index is 0.245. The molecule has 1 N–H and O–H groups in total. The SMILES string of the molecule is COc1ccc([C@H]2c3sc(=O)n(CC(=O)Nc4ccc5ccccc5c4)c3SC3C(=O)N(c4ccccc4)C(=O)C32)cc1OC. The number of nitrogens with one attached hydrogen (secondary N) is 1. The molecule has 226 valence electrons. The lowest BCUT2D eigenvalue weighted by Crippen LogP contribution is -2.33. The van der Waals surface area contributed by atoms with E-state index in [0.717, 1.165) is 22.1 Å². The Balaban J connectivity index is 1.28. The van der Waals surface area contributed by atoms with E-state index in [0.29, 0.717) is 38.3 Å². The van der Waals surface area contributed by atoms with Gasteiger partial charge in [-0.25, -0.2) is 4.90 Å². The van der Waals surface area contributed by atoms with Crippen LogP contribution in [-0.4, -0.2) is 41.8 Å². The summed E-state index contributed by atoms with van der Waals surface area (Å²) in [5, 5.41) is 4.64. The lowest BCUT2D eigenvalue weighted by atomic mass is 9.83. The van der Waals surface area contributed by atoms with Crippen molar-refractivity contribution in [3.8, 4) is 11.5 Å². The first-order chi connectivity index (χ1) is 21.9. The van der Waals surface area contributed by atoms with E-state index < -0.39 is 17.1 Å². The Bertz CT molecular complexity index is 2040. The highest BCUT2D eigenvalue weighted by atomic mass is 32.2. The molecule has 5 aromatic rings. The zero-order chi connectivity index (χ0) is 31.2. The number of hydrogen-bond acceptors (Lipinski definition) is 8. The second-order valence-electron chi connectivity index (χ2n) is 10.7. The van der Waals surface area contributed by atoms with Gasteiger partial charge in [-0.2, -0.15) is 0 Å². The molecule has 45 heavy (non-hydrogen) atoms. The molecular formula is C34H27N3O6S2. The maximum atomic E-state index is 14.1. The number of hydrogen-bond donors (Lipinski definition) is 1. The van der Waals surface area contributed by atoms with E-state index in [2.05, 4.69) is 5.32 Å². The summed E-state index contributed by atoms with van der Waals surface area (Å²) in [4.78, 5) is 56.3. The number of rotatable bonds is 7. The van der Waals surface area contributed by atoms with Crippen LogP contribution < -0.4 is 24.6 Å². The minimum Gasteiger partial charge on any atom is -0.493 e. The van der Waals surface area contributed by atoms with Crippen molar-refractivity contribution in [3.05, 3.63) is 111 Å². The van der Waals surface area contributed by atoms with Crippen molar-refractivity contribution in [1.82, 2.24) is 4.57 Å². The van der Waals surface area contributed by atoms with Crippen LogP contribution in [0.25, 0.3) is 10.8 Å². The van der Waals surface area contributed by atoms with Gasteiger partial charge in [0.05, 0.1) is 30.9 Å². The predicted molar refractivity (Wildman–Crippen MR) is 175 cm³/mol. The van der Waals surface area contributed by atoms with Gasteiger partial charge in [-0.15, -0.1) is 0 Å². The zero-order valence-corrected chi connectivity index (χ0v) is 25.9. The molecule has 1 aromatic heterocycles. The van der Waals surface area contributed by atoms with Crippen molar-refractivity contribution >= 4 is 63.0 Å². The summed E-state index contributed by atoms with van der Waals surface area (Å²) >= 11 is 2.17. The van der Waals surface area contributed by atoms with Crippen LogP contribution in [0.1, 0.15) is 16.4 Å². The van der Waals surface area contributed by atoms with Gasteiger partial charge in [0.25, 0.3) is 0 Å². The fourth-order valence-corrected chi connectivity index (χ4v) is 8.88. The molecule has 1 fully saturated rings. The van der Waals surface area contributed by atoms with Gasteiger partial charge in [-0.05, 0) is 52.7 Å². The number of benzene rings is 4. The third-order valence-electron chi connectivity index (χ3n) is 8.17. The number of ether oxygens (including phenoxy) is 2. The highest BCUT2D eigenvalue weighted by Gasteiger charge is 2.57. The van der Waals surface area contributed by atoms with Crippen LogP contribution >= 0.6 is 23.1 Å². The second kappa shape index (κ2) is 11.6. The van der Waals surface area contributed by atoms with Gasteiger partial charge in [-0.3, -0.25) is 23.7 Å². The lowest BCUT2D eigenvalue weighted by molar-refractivity contribution is -0.122. The summed E-state index contributed by atoms with van der Waals surface area (Å²) < 4.78 is 12.4. The van der Waals surface area contributed by atoms with E-state index in [4.69, 9.17) is 9.47 Å². The van der Waals surface area contributed by atoms with Crippen LogP contribution in [-0.2, 0) is 20.9 Å². The molecule has 0 radical (unpaired) electrons. The number of imide groups is 1. The molecule has 0 saturated carbocycles. The molecule has 11 heteroatoms. The average Bonchev–Trinajstić information content (AvgIpc) is 3.50. The maximum absolute atomic E-state index is 14.1. The van der Waals surface area contributed by atoms with Gasteiger partial charge in [-0.1, -0.05) is 77.7 Å². The first-order valence-corrected chi connectivity index (χ1v) is 15.9. The maximum Gasteiger partial charge on any atom is 0.308 e. The Morgan fingerprint density at radius 2 is 1.56 bits per heavy atom. The number of nitrogens with zero attached hydrogens (tertiary/aromatic N) is 2. The molecule has 3 heterocycles. The third-order valence-corrected chi connectivity index (χ3v) is 10.8. The lowest BCUT2D eigenvalue weighted by Gasteiger charge is -2.31. The normalized spacial score (nSPS) is 18.9. The topological polar surface area (TPSA) is 107 Å². The standard InChI is InChI=1S/C34H27N3O6S2/c1-42-24-15-13-21(17-25(24)43-2)27-28-29(32(40)37(31(28)39)23-10-4-3-5-11-23)44-33-30(27)45-34(41)36(33)18-26(38)35-22-14-12-19-8-6-7-9-20(19)16-22/h3-17,27-29H,18H2,1-2H3,(H,35,38)/t27-,28?,29?/m1/s1. The number of para-hydroxylation sites is 1. The molecule has 0 spiro atoms. The Morgan fingerprint density at radius 1 is 0.822 bits per heavy atom. The highest BCUT2D eigenvalue weighted by Crippen LogP contribution is 2.54. The number of thiazole rings is 1. The number of anilines is 2. The van der Waals surface area contributed by atoms with Crippen molar-refractivity contribution in [2.24, 2.45) is 5.92 Å². The summed E-state index contributed by atoms with van der Waals surface area (Å²) in [6, 6.07) is 27.6. The largest absolute Gasteiger partial charge is 0.493 e. The van der Waals surface area contributed by atoms with E-state index in [9.17, 15) is 19.2 Å². The van der Waals surface area contributed by atoms with Gasteiger partial charge in [0.2, 0.25) is 17.7 Å². The summed E-state index contributed by atoms with van der Waals surface area (Å²) in [5.74, 6) is -1.49. The second-order valence-corrected chi connectivity index (χ2v) is 12.9. The predicted octanol–water partition coefficient (Wildman–Crippen LogP) is 5.51.